The number of piperidine rings is 1. The Kier molecular flexibility index (Phi) is 4.85. The van der Waals surface area contributed by atoms with E-state index >= 15 is 0 Å². The number of non-ortho nitro benzene ring substituents is 1. The van der Waals surface area contributed by atoms with Gasteiger partial charge in [0.05, 0.1) is 11.0 Å². The lowest BCUT2D eigenvalue weighted by atomic mass is 9.96. The Hall–Kier alpha value is -2.02. The highest BCUT2D eigenvalue weighted by Crippen LogP contribution is 2.21. The lowest BCUT2D eigenvalue weighted by Crippen LogP contribution is -2.40. The number of hydrogen-bond acceptors (Lipinski definition) is 4. The van der Waals surface area contributed by atoms with E-state index in [1.165, 1.54) is 0 Å². The van der Waals surface area contributed by atoms with Gasteiger partial charge in [-0.3, -0.25) is 14.9 Å². The first-order valence-corrected chi connectivity index (χ1v) is 6.90. The molecule has 6 nitrogen and oxygen atoms in total. The SMILES string of the molecule is CNCC1CCN(C(=O)c2cc(F)cc([N+](=O)[O-])c2)CC1. The van der Waals surface area contributed by atoms with Crippen molar-refractivity contribution in [1.82, 2.24) is 10.2 Å². The van der Waals surface area contributed by atoms with Crippen molar-refractivity contribution in [3.05, 3.63) is 39.7 Å². The first-order valence-electron chi connectivity index (χ1n) is 6.90. The summed E-state index contributed by atoms with van der Waals surface area (Å²) in [7, 11) is 1.89. The Morgan fingerprint density at radius 2 is 2.10 bits per heavy atom. The van der Waals surface area contributed by atoms with Gasteiger partial charge < -0.3 is 10.2 Å². The second-order valence-corrected chi connectivity index (χ2v) is 5.25. The van der Waals surface area contributed by atoms with Crippen molar-refractivity contribution >= 4 is 11.6 Å². The summed E-state index contributed by atoms with van der Waals surface area (Å²) in [6, 6.07) is 3.00. The minimum absolute atomic E-state index is 0.0359. The molecule has 0 radical (unpaired) electrons. The molecule has 1 saturated heterocycles. The maximum absolute atomic E-state index is 13.4. The van der Waals surface area contributed by atoms with Crippen molar-refractivity contribution in [1.29, 1.82) is 0 Å². The highest BCUT2D eigenvalue weighted by molar-refractivity contribution is 5.94. The second-order valence-electron chi connectivity index (χ2n) is 5.25. The number of nitrogens with one attached hydrogen (secondary N) is 1. The summed E-state index contributed by atoms with van der Waals surface area (Å²) < 4.78 is 13.4. The van der Waals surface area contributed by atoms with Crippen molar-refractivity contribution in [3.8, 4) is 0 Å². The molecule has 1 aromatic carbocycles. The van der Waals surface area contributed by atoms with E-state index in [4.69, 9.17) is 0 Å². The predicted molar refractivity (Wildman–Crippen MR) is 75.6 cm³/mol. The largest absolute Gasteiger partial charge is 0.339 e. The van der Waals surface area contributed by atoms with Crippen molar-refractivity contribution in [2.45, 2.75) is 12.8 Å². The van der Waals surface area contributed by atoms with Gasteiger partial charge in [0.25, 0.3) is 11.6 Å². The van der Waals surface area contributed by atoms with Crippen LogP contribution in [0.2, 0.25) is 0 Å². The number of nitro groups is 1. The number of benzene rings is 1. The van der Waals surface area contributed by atoms with Crippen LogP contribution in [-0.2, 0) is 0 Å². The molecule has 1 fully saturated rings. The zero-order chi connectivity index (χ0) is 15.4. The summed E-state index contributed by atoms with van der Waals surface area (Å²) in [5.41, 5.74) is -0.364. The van der Waals surface area contributed by atoms with E-state index in [-0.39, 0.29) is 11.5 Å². The zero-order valence-corrected chi connectivity index (χ0v) is 11.8. The van der Waals surface area contributed by atoms with Crippen LogP contribution in [0.25, 0.3) is 0 Å². The van der Waals surface area contributed by atoms with Gasteiger partial charge in [-0.05, 0) is 38.4 Å². The summed E-state index contributed by atoms with van der Waals surface area (Å²) >= 11 is 0. The van der Waals surface area contributed by atoms with Gasteiger partial charge in [0.2, 0.25) is 0 Å². The fourth-order valence-corrected chi connectivity index (χ4v) is 2.61. The van der Waals surface area contributed by atoms with Crippen LogP contribution in [0.4, 0.5) is 10.1 Å². The second kappa shape index (κ2) is 6.62. The Balaban J connectivity index is 2.09. The van der Waals surface area contributed by atoms with E-state index in [1.807, 2.05) is 7.05 Å². The van der Waals surface area contributed by atoms with Crippen molar-refractivity contribution < 1.29 is 14.1 Å². The van der Waals surface area contributed by atoms with E-state index in [1.54, 1.807) is 4.90 Å². The fourth-order valence-electron chi connectivity index (χ4n) is 2.61. The molecule has 0 unspecified atom stereocenters. The van der Waals surface area contributed by atoms with E-state index in [2.05, 4.69) is 5.32 Å². The molecule has 0 saturated carbocycles. The minimum Gasteiger partial charge on any atom is -0.339 e. The minimum atomic E-state index is -0.766. The molecule has 1 N–H and O–H groups in total. The first kappa shape index (κ1) is 15.4. The molecule has 114 valence electrons. The summed E-state index contributed by atoms with van der Waals surface area (Å²) in [5.74, 6) is -0.584. The van der Waals surface area contributed by atoms with Gasteiger partial charge in [0.15, 0.2) is 0 Å². The number of halogens is 1. The average molecular weight is 295 g/mol. The van der Waals surface area contributed by atoms with Gasteiger partial charge in [-0.25, -0.2) is 4.39 Å². The highest BCUT2D eigenvalue weighted by atomic mass is 19.1. The Bertz CT molecular complexity index is 542. The summed E-state index contributed by atoms with van der Waals surface area (Å²) in [6.45, 7) is 2.10. The van der Waals surface area contributed by atoms with Crippen LogP contribution >= 0.6 is 0 Å². The third-order valence-corrected chi connectivity index (χ3v) is 3.73. The number of carbonyl (C=O) groups is 1. The summed E-state index contributed by atoms with van der Waals surface area (Å²) in [6.07, 6.45) is 1.76. The van der Waals surface area contributed by atoms with E-state index in [0.29, 0.717) is 19.0 Å². The van der Waals surface area contributed by atoms with Crippen LogP contribution in [0, 0.1) is 21.8 Å². The molecule has 1 aliphatic heterocycles. The molecule has 0 bridgehead atoms. The molecule has 1 heterocycles. The molecular weight excluding hydrogens is 277 g/mol. The van der Waals surface area contributed by atoms with E-state index < -0.39 is 16.4 Å². The van der Waals surface area contributed by atoms with E-state index in [9.17, 15) is 19.3 Å². The first-order chi connectivity index (χ1) is 10.0. The van der Waals surface area contributed by atoms with Crippen molar-refractivity contribution in [3.63, 3.8) is 0 Å². The Labute approximate surface area is 122 Å². The monoisotopic (exact) mass is 295 g/mol. The smallest absolute Gasteiger partial charge is 0.273 e. The molecule has 0 aliphatic carbocycles. The molecular formula is C14H18FN3O3. The summed E-state index contributed by atoms with van der Waals surface area (Å²) in [4.78, 5) is 24.0. The third-order valence-electron chi connectivity index (χ3n) is 3.73. The maximum atomic E-state index is 13.4. The third kappa shape index (κ3) is 3.75. The van der Waals surface area contributed by atoms with Crippen molar-refractivity contribution in [2.24, 2.45) is 5.92 Å². The van der Waals surface area contributed by atoms with Crippen LogP contribution in [-0.4, -0.2) is 42.4 Å². The van der Waals surface area contributed by atoms with Crippen LogP contribution in [0.5, 0.6) is 0 Å². The van der Waals surface area contributed by atoms with Gasteiger partial charge in [0.1, 0.15) is 5.82 Å². The molecule has 7 heteroatoms. The van der Waals surface area contributed by atoms with Crippen LogP contribution in [0.3, 0.4) is 0 Å². The maximum Gasteiger partial charge on any atom is 0.273 e. The molecule has 0 spiro atoms. The number of likely N-dealkylation sites (tertiary alicyclic amines) is 1. The van der Waals surface area contributed by atoms with Crippen molar-refractivity contribution in [2.75, 3.05) is 26.7 Å². The number of hydrogen-bond donors (Lipinski definition) is 1. The number of amides is 1. The number of carbonyl (C=O) groups excluding carboxylic acids is 1. The summed E-state index contributed by atoms with van der Waals surface area (Å²) in [5, 5.41) is 13.8. The van der Waals surface area contributed by atoms with Gasteiger partial charge >= 0.3 is 0 Å². The van der Waals surface area contributed by atoms with E-state index in [0.717, 1.165) is 37.6 Å². The van der Waals surface area contributed by atoms with Gasteiger partial charge in [0, 0.05) is 24.7 Å². The lowest BCUT2D eigenvalue weighted by molar-refractivity contribution is -0.385. The normalized spacial score (nSPS) is 16.0. The number of nitrogens with zero attached hydrogens (tertiary/aromatic N) is 2. The standard InChI is InChI=1S/C14H18FN3O3/c1-16-9-10-2-4-17(5-3-10)14(19)11-6-12(15)8-13(7-11)18(20)21/h6-8,10,16H,2-5,9H2,1H3. The lowest BCUT2D eigenvalue weighted by Gasteiger charge is -2.32. The van der Waals surface area contributed by atoms with Crippen LogP contribution < -0.4 is 5.32 Å². The topological polar surface area (TPSA) is 75.5 Å². The molecule has 1 aliphatic rings. The number of rotatable bonds is 4. The number of nitro benzene ring substituents is 1. The molecule has 1 aromatic rings. The predicted octanol–water partition coefficient (Wildman–Crippen LogP) is 1.81. The van der Waals surface area contributed by atoms with Crippen LogP contribution in [0.15, 0.2) is 18.2 Å². The quantitative estimate of drug-likeness (QED) is 0.679. The highest BCUT2D eigenvalue weighted by Gasteiger charge is 2.24. The Morgan fingerprint density at radius 3 is 2.67 bits per heavy atom. The van der Waals surface area contributed by atoms with Gasteiger partial charge in [-0.2, -0.15) is 0 Å². The molecule has 1 amide bonds. The Morgan fingerprint density at radius 1 is 1.43 bits per heavy atom. The molecule has 0 aromatic heterocycles. The molecule has 21 heavy (non-hydrogen) atoms. The zero-order valence-electron chi connectivity index (χ0n) is 11.8. The fraction of sp³-hybridized carbons (Fsp3) is 0.500. The van der Waals surface area contributed by atoms with Gasteiger partial charge in [-0.15, -0.1) is 0 Å². The molecule has 2 rings (SSSR count). The average Bonchev–Trinajstić information content (AvgIpc) is 2.47. The van der Waals surface area contributed by atoms with Crippen LogP contribution in [0.1, 0.15) is 23.2 Å². The van der Waals surface area contributed by atoms with Gasteiger partial charge in [-0.1, -0.05) is 0 Å². The molecule has 0 atom stereocenters.